The molecule has 1 fully saturated rings. The van der Waals surface area contributed by atoms with Gasteiger partial charge in [-0.1, -0.05) is 12.0 Å². The summed E-state index contributed by atoms with van der Waals surface area (Å²) in [5.41, 5.74) is 3.51. The third-order valence-electron chi connectivity index (χ3n) is 6.28. The van der Waals surface area contributed by atoms with E-state index in [0.29, 0.717) is 6.61 Å². The summed E-state index contributed by atoms with van der Waals surface area (Å²) in [6.45, 7) is 11.3. The van der Waals surface area contributed by atoms with E-state index in [0.717, 1.165) is 65.5 Å². The van der Waals surface area contributed by atoms with Crippen LogP contribution in [0.25, 0.3) is 10.9 Å². The maximum atomic E-state index is 6.09. The Morgan fingerprint density at radius 3 is 2.62 bits per heavy atom. The smallest absolute Gasteiger partial charge is 0.141 e. The topological polar surface area (TPSA) is 53.5 Å². The molecule has 1 saturated heterocycles. The van der Waals surface area contributed by atoms with Gasteiger partial charge in [0.15, 0.2) is 0 Å². The number of fused-ring (bicyclic) bond motifs is 1. The van der Waals surface area contributed by atoms with E-state index >= 15 is 0 Å². The summed E-state index contributed by atoms with van der Waals surface area (Å²) >= 11 is 0. The molecule has 1 aliphatic heterocycles. The summed E-state index contributed by atoms with van der Waals surface area (Å²) in [4.78, 5) is 14.0. The standard InChI is InChI=1S/C26H31N5O/c1-6-19-9-8-10-20(15-19)29-25-21-16-22(24(32-7-2)17-23(21)27-18-28-25)26(3,4)31-13-11-30(5)12-14-31/h1,8-10,15-18H,7,11-14H2,2-5H3,(H,27,28,29). The van der Waals surface area contributed by atoms with E-state index < -0.39 is 0 Å². The summed E-state index contributed by atoms with van der Waals surface area (Å²) in [7, 11) is 2.18. The van der Waals surface area contributed by atoms with Gasteiger partial charge in [-0.05, 0) is 52.1 Å². The van der Waals surface area contributed by atoms with E-state index in [2.05, 4.69) is 58.0 Å². The molecule has 166 valence electrons. The van der Waals surface area contributed by atoms with E-state index in [1.165, 1.54) is 0 Å². The molecule has 0 atom stereocenters. The van der Waals surface area contributed by atoms with Crippen LogP contribution in [0.4, 0.5) is 11.5 Å². The molecular formula is C26H31N5O. The average molecular weight is 430 g/mol. The molecule has 2 aromatic carbocycles. The summed E-state index contributed by atoms with van der Waals surface area (Å²) in [6, 6.07) is 12.0. The highest BCUT2D eigenvalue weighted by atomic mass is 16.5. The second-order valence-electron chi connectivity index (χ2n) is 8.72. The minimum Gasteiger partial charge on any atom is -0.493 e. The summed E-state index contributed by atoms with van der Waals surface area (Å²) in [6.07, 6.45) is 7.15. The molecular weight excluding hydrogens is 398 g/mol. The molecule has 0 saturated carbocycles. The lowest BCUT2D eigenvalue weighted by Gasteiger charge is -2.44. The first-order chi connectivity index (χ1) is 15.4. The first-order valence-electron chi connectivity index (χ1n) is 11.1. The number of likely N-dealkylation sites (N-methyl/N-ethyl adjacent to an activating group) is 1. The molecule has 6 heteroatoms. The second kappa shape index (κ2) is 9.15. The number of hydrogen-bond donors (Lipinski definition) is 1. The molecule has 32 heavy (non-hydrogen) atoms. The van der Waals surface area contributed by atoms with Gasteiger partial charge in [0.1, 0.15) is 17.9 Å². The third-order valence-corrected chi connectivity index (χ3v) is 6.28. The lowest BCUT2D eigenvalue weighted by molar-refractivity contribution is 0.0588. The van der Waals surface area contributed by atoms with E-state index in [1.54, 1.807) is 6.33 Å². The van der Waals surface area contributed by atoms with Crippen molar-refractivity contribution in [1.29, 1.82) is 0 Å². The molecule has 1 N–H and O–H groups in total. The van der Waals surface area contributed by atoms with Gasteiger partial charge < -0.3 is 15.0 Å². The van der Waals surface area contributed by atoms with Gasteiger partial charge in [-0.15, -0.1) is 6.42 Å². The lowest BCUT2D eigenvalue weighted by atomic mass is 9.89. The van der Waals surface area contributed by atoms with Gasteiger partial charge >= 0.3 is 0 Å². The third kappa shape index (κ3) is 4.40. The van der Waals surface area contributed by atoms with Crippen LogP contribution in [-0.2, 0) is 5.54 Å². The van der Waals surface area contributed by atoms with Gasteiger partial charge in [-0.2, -0.15) is 0 Å². The molecule has 2 heterocycles. The first kappa shape index (κ1) is 22.1. The number of hydrogen-bond acceptors (Lipinski definition) is 6. The fourth-order valence-corrected chi connectivity index (χ4v) is 4.30. The van der Waals surface area contributed by atoms with E-state index in [1.807, 2.05) is 37.3 Å². The van der Waals surface area contributed by atoms with Gasteiger partial charge in [-0.3, -0.25) is 4.90 Å². The Morgan fingerprint density at radius 2 is 1.91 bits per heavy atom. The molecule has 0 aliphatic carbocycles. The Hall–Kier alpha value is -3.14. The van der Waals surface area contributed by atoms with Crippen LogP contribution < -0.4 is 10.1 Å². The zero-order valence-corrected chi connectivity index (χ0v) is 19.4. The lowest BCUT2D eigenvalue weighted by Crippen LogP contribution is -2.52. The van der Waals surface area contributed by atoms with E-state index in [-0.39, 0.29) is 5.54 Å². The minimum atomic E-state index is -0.198. The summed E-state index contributed by atoms with van der Waals surface area (Å²) in [5.74, 6) is 4.31. The SMILES string of the molecule is C#Cc1cccc(Nc2ncnc3cc(OCC)c(C(C)(C)N4CCN(C)CC4)cc23)c1. The van der Waals surface area contributed by atoms with Crippen molar-refractivity contribution in [3.05, 3.63) is 53.9 Å². The van der Waals surface area contributed by atoms with Gasteiger partial charge in [-0.25, -0.2) is 9.97 Å². The van der Waals surface area contributed by atoms with E-state index in [9.17, 15) is 0 Å². The van der Waals surface area contributed by atoms with Crippen molar-refractivity contribution in [2.75, 3.05) is 45.2 Å². The van der Waals surface area contributed by atoms with Crippen molar-refractivity contribution in [1.82, 2.24) is 19.8 Å². The number of nitrogens with zero attached hydrogens (tertiary/aromatic N) is 4. The maximum Gasteiger partial charge on any atom is 0.141 e. The molecule has 0 unspecified atom stereocenters. The normalized spacial score (nSPS) is 15.5. The number of terminal acetylenes is 1. The predicted octanol–water partition coefficient (Wildman–Crippen LogP) is 4.24. The Morgan fingerprint density at radius 1 is 1.12 bits per heavy atom. The zero-order chi connectivity index (χ0) is 22.7. The van der Waals surface area contributed by atoms with Crippen LogP contribution in [-0.4, -0.2) is 59.6 Å². The van der Waals surface area contributed by atoms with Gasteiger partial charge in [0.2, 0.25) is 0 Å². The second-order valence-corrected chi connectivity index (χ2v) is 8.72. The highest BCUT2D eigenvalue weighted by molar-refractivity contribution is 5.92. The quantitative estimate of drug-likeness (QED) is 0.592. The van der Waals surface area contributed by atoms with Crippen LogP contribution in [0.3, 0.4) is 0 Å². The zero-order valence-electron chi connectivity index (χ0n) is 19.4. The Bertz CT molecular complexity index is 1140. The van der Waals surface area contributed by atoms with Crippen molar-refractivity contribution < 1.29 is 4.74 Å². The van der Waals surface area contributed by atoms with Crippen LogP contribution in [0.1, 0.15) is 31.9 Å². The number of ether oxygens (including phenoxy) is 1. The fourth-order valence-electron chi connectivity index (χ4n) is 4.30. The highest BCUT2D eigenvalue weighted by Gasteiger charge is 2.34. The Kier molecular flexibility index (Phi) is 6.31. The molecule has 0 amide bonds. The van der Waals surface area contributed by atoms with Crippen molar-refractivity contribution >= 4 is 22.4 Å². The van der Waals surface area contributed by atoms with Gasteiger partial charge in [0, 0.05) is 60.0 Å². The van der Waals surface area contributed by atoms with Crippen LogP contribution in [0.15, 0.2) is 42.7 Å². The van der Waals surface area contributed by atoms with Crippen LogP contribution >= 0.6 is 0 Å². The molecule has 1 aromatic heterocycles. The van der Waals surface area contributed by atoms with Gasteiger partial charge in [0.25, 0.3) is 0 Å². The molecule has 1 aliphatic rings. The monoisotopic (exact) mass is 429 g/mol. The summed E-state index contributed by atoms with van der Waals surface area (Å²) in [5, 5.41) is 4.39. The molecule has 0 bridgehead atoms. The molecule has 0 radical (unpaired) electrons. The van der Waals surface area contributed by atoms with Crippen molar-refractivity contribution in [2.45, 2.75) is 26.3 Å². The molecule has 4 rings (SSSR count). The number of aromatic nitrogens is 2. The Balaban J connectivity index is 1.79. The molecule has 0 spiro atoms. The van der Waals surface area contributed by atoms with E-state index in [4.69, 9.17) is 11.2 Å². The number of rotatable bonds is 6. The number of nitrogens with one attached hydrogen (secondary N) is 1. The number of benzene rings is 2. The van der Waals surface area contributed by atoms with Crippen LogP contribution in [0.5, 0.6) is 5.75 Å². The fraction of sp³-hybridized carbons (Fsp3) is 0.385. The number of piperazine rings is 1. The molecule has 3 aromatic rings. The number of anilines is 2. The predicted molar refractivity (Wildman–Crippen MR) is 130 cm³/mol. The minimum absolute atomic E-state index is 0.198. The van der Waals surface area contributed by atoms with Crippen molar-refractivity contribution in [3.8, 4) is 18.1 Å². The van der Waals surface area contributed by atoms with Crippen molar-refractivity contribution in [2.24, 2.45) is 0 Å². The molecule has 6 nitrogen and oxygen atoms in total. The average Bonchev–Trinajstić information content (AvgIpc) is 2.79. The summed E-state index contributed by atoms with van der Waals surface area (Å²) < 4.78 is 6.09. The van der Waals surface area contributed by atoms with Crippen molar-refractivity contribution in [3.63, 3.8) is 0 Å². The van der Waals surface area contributed by atoms with Crippen LogP contribution in [0, 0.1) is 12.3 Å². The maximum absolute atomic E-state index is 6.09. The van der Waals surface area contributed by atoms with Gasteiger partial charge in [0.05, 0.1) is 12.1 Å². The highest BCUT2D eigenvalue weighted by Crippen LogP contribution is 2.39. The first-order valence-corrected chi connectivity index (χ1v) is 11.1. The Labute approximate surface area is 190 Å². The van der Waals surface area contributed by atoms with Crippen LogP contribution in [0.2, 0.25) is 0 Å². The largest absolute Gasteiger partial charge is 0.493 e.